The molecule has 0 saturated carbocycles. The summed E-state index contributed by atoms with van der Waals surface area (Å²) in [4.78, 5) is 0. The molecule has 0 bridgehead atoms. The zero-order chi connectivity index (χ0) is 13.0. The SMILES string of the molecule is CC(CO)C(C)NC1CCOC2(CCOCC2)C1. The Morgan fingerprint density at radius 3 is 2.67 bits per heavy atom. The molecule has 2 fully saturated rings. The molecule has 1 spiro atoms. The lowest BCUT2D eigenvalue weighted by molar-refractivity contribution is -0.141. The summed E-state index contributed by atoms with van der Waals surface area (Å²) in [6, 6.07) is 0.871. The highest BCUT2D eigenvalue weighted by Crippen LogP contribution is 2.34. The summed E-state index contributed by atoms with van der Waals surface area (Å²) in [6.07, 6.45) is 4.20. The van der Waals surface area contributed by atoms with E-state index >= 15 is 0 Å². The summed E-state index contributed by atoms with van der Waals surface area (Å²) in [5.41, 5.74) is 0.0519. The van der Waals surface area contributed by atoms with Crippen LogP contribution in [0.3, 0.4) is 0 Å². The lowest BCUT2D eigenvalue weighted by Crippen LogP contribution is -2.52. The Morgan fingerprint density at radius 1 is 1.28 bits per heavy atom. The van der Waals surface area contributed by atoms with Gasteiger partial charge in [0.25, 0.3) is 0 Å². The number of hydrogen-bond donors (Lipinski definition) is 2. The van der Waals surface area contributed by atoms with Crippen molar-refractivity contribution >= 4 is 0 Å². The van der Waals surface area contributed by atoms with E-state index in [0.717, 1.165) is 45.5 Å². The van der Waals surface area contributed by atoms with Crippen molar-refractivity contribution in [1.82, 2.24) is 5.32 Å². The average molecular weight is 257 g/mol. The van der Waals surface area contributed by atoms with Gasteiger partial charge in [0.15, 0.2) is 0 Å². The minimum atomic E-state index is 0.0519. The van der Waals surface area contributed by atoms with Crippen LogP contribution in [-0.4, -0.2) is 49.2 Å². The van der Waals surface area contributed by atoms with Crippen molar-refractivity contribution in [2.45, 2.75) is 57.2 Å². The van der Waals surface area contributed by atoms with Gasteiger partial charge in [0.1, 0.15) is 0 Å². The summed E-state index contributed by atoms with van der Waals surface area (Å²) in [5.74, 6) is 0.304. The van der Waals surface area contributed by atoms with E-state index in [-0.39, 0.29) is 12.2 Å². The summed E-state index contributed by atoms with van der Waals surface area (Å²) < 4.78 is 11.5. The first-order chi connectivity index (χ1) is 8.65. The van der Waals surface area contributed by atoms with Crippen LogP contribution in [0.15, 0.2) is 0 Å². The van der Waals surface area contributed by atoms with Gasteiger partial charge in [-0.05, 0) is 38.5 Å². The molecule has 2 heterocycles. The third kappa shape index (κ3) is 3.44. The third-order valence-corrected chi connectivity index (χ3v) is 4.54. The molecular weight excluding hydrogens is 230 g/mol. The monoisotopic (exact) mass is 257 g/mol. The van der Waals surface area contributed by atoms with Crippen LogP contribution in [0.4, 0.5) is 0 Å². The molecule has 0 aromatic rings. The summed E-state index contributed by atoms with van der Waals surface area (Å²) in [7, 11) is 0. The molecule has 0 radical (unpaired) electrons. The molecule has 0 aromatic heterocycles. The minimum Gasteiger partial charge on any atom is -0.396 e. The third-order valence-electron chi connectivity index (χ3n) is 4.54. The lowest BCUT2D eigenvalue weighted by atomic mass is 9.83. The standard InChI is InChI=1S/C14H27NO3/c1-11(10-16)12(2)15-13-3-6-18-14(9-13)4-7-17-8-5-14/h11-13,15-16H,3-10H2,1-2H3. The van der Waals surface area contributed by atoms with Gasteiger partial charge in [0, 0.05) is 38.5 Å². The fraction of sp³-hybridized carbons (Fsp3) is 1.00. The molecule has 2 N–H and O–H groups in total. The van der Waals surface area contributed by atoms with Crippen molar-refractivity contribution < 1.29 is 14.6 Å². The van der Waals surface area contributed by atoms with E-state index < -0.39 is 0 Å². The molecule has 3 unspecified atom stereocenters. The normalized spacial score (nSPS) is 31.2. The maximum atomic E-state index is 9.20. The topological polar surface area (TPSA) is 50.7 Å². The van der Waals surface area contributed by atoms with Gasteiger partial charge in [0.2, 0.25) is 0 Å². The van der Waals surface area contributed by atoms with E-state index in [1.807, 2.05) is 0 Å². The van der Waals surface area contributed by atoms with E-state index in [9.17, 15) is 5.11 Å². The van der Waals surface area contributed by atoms with Crippen LogP contribution in [0, 0.1) is 5.92 Å². The van der Waals surface area contributed by atoms with E-state index in [4.69, 9.17) is 9.47 Å². The van der Waals surface area contributed by atoms with Gasteiger partial charge >= 0.3 is 0 Å². The molecule has 18 heavy (non-hydrogen) atoms. The van der Waals surface area contributed by atoms with Gasteiger partial charge in [-0.15, -0.1) is 0 Å². The molecule has 4 heteroatoms. The van der Waals surface area contributed by atoms with Crippen LogP contribution < -0.4 is 5.32 Å². The molecule has 0 aromatic carbocycles. The van der Waals surface area contributed by atoms with Gasteiger partial charge < -0.3 is 19.9 Å². The molecule has 0 aliphatic carbocycles. The fourth-order valence-corrected chi connectivity index (χ4v) is 2.96. The molecule has 2 aliphatic heterocycles. The summed E-state index contributed by atoms with van der Waals surface area (Å²) in [5, 5.41) is 12.9. The summed E-state index contributed by atoms with van der Waals surface area (Å²) in [6.45, 7) is 6.99. The maximum absolute atomic E-state index is 9.20. The lowest BCUT2D eigenvalue weighted by Gasteiger charge is -2.44. The predicted octanol–water partition coefficient (Wildman–Crippen LogP) is 1.32. The smallest absolute Gasteiger partial charge is 0.0741 e. The van der Waals surface area contributed by atoms with Gasteiger partial charge in [-0.2, -0.15) is 0 Å². The van der Waals surface area contributed by atoms with E-state index in [1.165, 1.54) is 0 Å². The minimum absolute atomic E-state index is 0.0519. The second-order valence-corrected chi connectivity index (χ2v) is 5.95. The second-order valence-electron chi connectivity index (χ2n) is 5.95. The van der Waals surface area contributed by atoms with Crippen molar-refractivity contribution in [1.29, 1.82) is 0 Å². The molecular formula is C14H27NO3. The number of aliphatic hydroxyl groups is 1. The van der Waals surface area contributed by atoms with Crippen molar-refractivity contribution in [2.24, 2.45) is 5.92 Å². The Labute approximate surface area is 110 Å². The largest absolute Gasteiger partial charge is 0.396 e. The van der Waals surface area contributed by atoms with Gasteiger partial charge in [0.05, 0.1) is 5.60 Å². The molecule has 106 valence electrons. The number of aliphatic hydroxyl groups excluding tert-OH is 1. The quantitative estimate of drug-likeness (QED) is 0.797. The van der Waals surface area contributed by atoms with Crippen LogP contribution in [0.2, 0.25) is 0 Å². The van der Waals surface area contributed by atoms with Crippen LogP contribution in [0.25, 0.3) is 0 Å². The van der Waals surface area contributed by atoms with Gasteiger partial charge in [-0.3, -0.25) is 0 Å². The van der Waals surface area contributed by atoms with Crippen LogP contribution in [-0.2, 0) is 9.47 Å². The van der Waals surface area contributed by atoms with Crippen LogP contribution in [0.5, 0.6) is 0 Å². The Hall–Kier alpha value is -0.160. The fourth-order valence-electron chi connectivity index (χ4n) is 2.96. The van der Waals surface area contributed by atoms with Crippen LogP contribution >= 0.6 is 0 Å². The van der Waals surface area contributed by atoms with E-state index in [2.05, 4.69) is 19.2 Å². The Morgan fingerprint density at radius 2 is 2.00 bits per heavy atom. The number of hydrogen-bond acceptors (Lipinski definition) is 4. The van der Waals surface area contributed by atoms with Crippen molar-refractivity contribution in [3.8, 4) is 0 Å². The first-order valence-electron chi connectivity index (χ1n) is 7.24. The Balaban J connectivity index is 1.86. The van der Waals surface area contributed by atoms with Crippen molar-refractivity contribution in [3.05, 3.63) is 0 Å². The molecule has 2 aliphatic rings. The van der Waals surface area contributed by atoms with Crippen molar-refractivity contribution in [3.63, 3.8) is 0 Å². The van der Waals surface area contributed by atoms with Crippen LogP contribution in [0.1, 0.15) is 39.5 Å². The highest BCUT2D eigenvalue weighted by atomic mass is 16.5. The maximum Gasteiger partial charge on any atom is 0.0741 e. The first-order valence-corrected chi connectivity index (χ1v) is 7.24. The average Bonchev–Trinajstić information content (AvgIpc) is 2.38. The molecule has 2 saturated heterocycles. The summed E-state index contributed by atoms with van der Waals surface area (Å²) >= 11 is 0. The van der Waals surface area contributed by atoms with E-state index in [1.54, 1.807) is 0 Å². The molecule has 4 nitrogen and oxygen atoms in total. The van der Waals surface area contributed by atoms with E-state index in [0.29, 0.717) is 18.0 Å². The number of rotatable bonds is 4. The first kappa shape index (κ1) is 14.3. The second kappa shape index (κ2) is 6.33. The zero-order valence-corrected chi connectivity index (χ0v) is 11.7. The highest BCUT2D eigenvalue weighted by Gasteiger charge is 2.39. The Kier molecular flexibility index (Phi) is 5.01. The molecule has 2 rings (SSSR count). The van der Waals surface area contributed by atoms with Gasteiger partial charge in [-0.25, -0.2) is 0 Å². The number of ether oxygens (including phenoxy) is 2. The predicted molar refractivity (Wildman–Crippen MR) is 70.6 cm³/mol. The molecule has 3 atom stereocenters. The zero-order valence-electron chi connectivity index (χ0n) is 11.7. The Bertz CT molecular complexity index is 248. The molecule has 0 amide bonds. The van der Waals surface area contributed by atoms with Crippen molar-refractivity contribution in [2.75, 3.05) is 26.4 Å². The highest BCUT2D eigenvalue weighted by molar-refractivity contribution is 4.92. The van der Waals surface area contributed by atoms with Gasteiger partial charge in [-0.1, -0.05) is 6.92 Å². The number of nitrogens with one attached hydrogen (secondary N) is 1.